The average molecular weight is 968 g/mol. The predicted molar refractivity (Wildman–Crippen MR) is 253 cm³/mol. The van der Waals surface area contributed by atoms with Crippen molar-refractivity contribution < 1.29 is 73.1 Å². The molecule has 15 unspecified atom stereocenters. The van der Waals surface area contributed by atoms with Crippen LogP contribution in [-0.4, -0.2) is 137 Å². The molecule has 1 saturated heterocycles. The molecule has 69 heavy (non-hydrogen) atoms. The van der Waals surface area contributed by atoms with Crippen LogP contribution in [0.3, 0.4) is 0 Å². The van der Waals surface area contributed by atoms with Crippen LogP contribution in [0.5, 0.6) is 0 Å². The summed E-state index contributed by atoms with van der Waals surface area (Å²) >= 11 is 0. The number of aliphatic hydroxyl groups excluding tert-OH is 5. The molecule has 1 saturated carbocycles. The molecule has 2 aromatic rings. The molecule has 15 atom stereocenters. The number of benzene rings is 2. The molecule has 2 aromatic carbocycles. The lowest BCUT2D eigenvalue weighted by molar-refractivity contribution is -0.290. The van der Waals surface area contributed by atoms with Crippen LogP contribution in [0.15, 0.2) is 97.1 Å². The maximum atomic E-state index is 13.6. The summed E-state index contributed by atoms with van der Waals surface area (Å²) in [6.45, 7) is 10.9. The third kappa shape index (κ3) is 16.7. The number of aliphatic hydroxyl groups is 5. The highest BCUT2D eigenvalue weighted by molar-refractivity contribution is 5.79. The van der Waals surface area contributed by atoms with Gasteiger partial charge in [0.15, 0.2) is 18.9 Å². The van der Waals surface area contributed by atoms with Gasteiger partial charge in [0.05, 0.1) is 37.4 Å². The van der Waals surface area contributed by atoms with Crippen LogP contribution in [0, 0.1) is 17.8 Å². The molecule has 2 fully saturated rings. The Bertz CT molecular complexity index is 1940. The van der Waals surface area contributed by atoms with Crippen LogP contribution in [0.4, 0.5) is 9.59 Å². The largest absolute Gasteiger partial charge is 0.445 e. The standard InChI is InChI=1S/C51H73N3O15/c1-6-16-31(3)25-36(27-55)46(59)53-39-26-33(5)43(68-48-32(4)22-23-37(7-2)65-48)45(41(39)57)69-49-42(58)44(40(28-56)66-49)67-47(60)38(54-51(62)64-30-35-19-12-9-13-20-35)21-14-15-24-52-50(61)63-29-34-17-10-8-11-18-34/h8-14,17-23,32-33,36-45,47-49,55-58,60H,3,6-7,15-16,24-30H2,1-2,4-5H3,(H,52,61)(H,53,59)(H,54,62). The predicted octanol–water partition coefficient (Wildman–Crippen LogP) is 4.27. The molecule has 18 nitrogen and oxygen atoms in total. The molecule has 3 aliphatic rings. The van der Waals surface area contributed by atoms with Gasteiger partial charge in [-0.2, -0.15) is 0 Å². The number of hydrogen-bond donors (Lipinski definition) is 8. The Morgan fingerprint density at radius 2 is 1.51 bits per heavy atom. The minimum Gasteiger partial charge on any atom is -0.445 e. The molecular formula is C51H73N3O15. The second-order valence-corrected chi connectivity index (χ2v) is 17.9. The van der Waals surface area contributed by atoms with E-state index < -0.39 is 105 Å². The third-order valence-corrected chi connectivity index (χ3v) is 12.4. The third-order valence-electron chi connectivity index (χ3n) is 12.4. The molecule has 0 bridgehead atoms. The molecule has 0 spiro atoms. The van der Waals surface area contributed by atoms with Crippen molar-refractivity contribution in [1.29, 1.82) is 0 Å². The summed E-state index contributed by atoms with van der Waals surface area (Å²) < 4.78 is 41.9. The second-order valence-electron chi connectivity index (χ2n) is 17.9. The maximum Gasteiger partial charge on any atom is 0.408 e. The molecule has 3 amide bonds. The smallest absolute Gasteiger partial charge is 0.408 e. The molecule has 8 N–H and O–H groups in total. The zero-order valence-corrected chi connectivity index (χ0v) is 40.0. The second kappa shape index (κ2) is 28.2. The van der Waals surface area contributed by atoms with Gasteiger partial charge in [0, 0.05) is 12.5 Å². The number of nitrogens with one attached hydrogen (secondary N) is 3. The normalized spacial score (nSPS) is 29.2. The Labute approximate surface area is 405 Å². The summed E-state index contributed by atoms with van der Waals surface area (Å²) in [4.78, 5) is 38.9. The number of rotatable bonds is 25. The highest BCUT2D eigenvalue weighted by atomic mass is 16.7. The van der Waals surface area contributed by atoms with E-state index in [2.05, 4.69) is 22.5 Å². The van der Waals surface area contributed by atoms with Gasteiger partial charge in [-0.1, -0.05) is 131 Å². The Morgan fingerprint density at radius 3 is 2.13 bits per heavy atom. The first-order valence-electron chi connectivity index (χ1n) is 24.0. The van der Waals surface area contributed by atoms with E-state index in [0.29, 0.717) is 12.8 Å². The minimum atomic E-state index is -1.86. The number of carbonyl (C=O) groups is 3. The van der Waals surface area contributed by atoms with Gasteiger partial charge < -0.3 is 74.6 Å². The van der Waals surface area contributed by atoms with Crippen molar-refractivity contribution in [2.75, 3.05) is 19.8 Å². The molecule has 1 aliphatic carbocycles. The van der Waals surface area contributed by atoms with Crippen molar-refractivity contribution in [2.45, 2.75) is 153 Å². The van der Waals surface area contributed by atoms with E-state index in [4.69, 9.17) is 33.2 Å². The first-order valence-corrected chi connectivity index (χ1v) is 24.0. The van der Waals surface area contributed by atoms with Crippen LogP contribution >= 0.6 is 0 Å². The lowest BCUT2D eigenvalue weighted by Crippen LogP contribution is -2.62. The summed E-state index contributed by atoms with van der Waals surface area (Å²) in [7, 11) is 0. The quantitative estimate of drug-likeness (QED) is 0.0393. The molecule has 5 rings (SSSR count). The Hall–Kier alpha value is -4.73. The fourth-order valence-corrected chi connectivity index (χ4v) is 8.48. The number of allylic oxidation sites excluding steroid dienone is 1. The van der Waals surface area contributed by atoms with E-state index in [1.807, 2.05) is 76.2 Å². The van der Waals surface area contributed by atoms with Crippen molar-refractivity contribution in [1.82, 2.24) is 16.0 Å². The molecule has 2 aliphatic heterocycles. The van der Waals surface area contributed by atoms with Crippen molar-refractivity contribution in [3.8, 4) is 0 Å². The van der Waals surface area contributed by atoms with E-state index in [-0.39, 0.29) is 57.0 Å². The van der Waals surface area contributed by atoms with Crippen LogP contribution in [0.25, 0.3) is 0 Å². The summed E-state index contributed by atoms with van der Waals surface area (Å²) in [5.74, 6) is -1.81. The van der Waals surface area contributed by atoms with Crippen molar-refractivity contribution in [3.05, 3.63) is 108 Å². The fourth-order valence-electron chi connectivity index (χ4n) is 8.48. The molecule has 382 valence electrons. The number of amides is 3. The van der Waals surface area contributed by atoms with E-state index in [9.17, 15) is 39.9 Å². The topological polar surface area (TPSA) is 253 Å². The molecule has 0 aromatic heterocycles. The zero-order chi connectivity index (χ0) is 49.9. The Kier molecular flexibility index (Phi) is 22.6. The van der Waals surface area contributed by atoms with E-state index in [1.165, 1.54) is 6.08 Å². The molecular weight excluding hydrogens is 895 g/mol. The van der Waals surface area contributed by atoms with Gasteiger partial charge in [-0.05, 0) is 49.1 Å². The van der Waals surface area contributed by atoms with Gasteiger partial charge in [-0.25, -0.2) is 9.59 Å². The van der Waals surface area contributed by atoms with Crippen molar-refractivity contribution >= 4 is 18.1 Å². The molecule has 18 heteroatoms. The van der Waals surface area contributed by atoms with Gasteiger partial charge in [-0.15, -0.1) is 0 Å². The SMILES string of the molecule is C=C(CCC)CC(CO)C(=O)NC1CC(C)C(OC2OC(CC)C=CC2C)C(OC2OC(CO)C(OC(O)C(C=CCCNC(=O)OCc3ccccc3)NC(=O)OCc3ccccc3)C2O)C1O. The van der Waals surface area contributed by atoms with Gasteiger partial charge in [0.1, 0.15) is 49.8 Å². The van der Waals surface area contributed by atoms with Gasteiger partial charge in [0.2, 0.25) is 5.91 Å². The molecule has 2 heterocycles. The lowest BCUT2D eigenvalue weighted by Gasteiger charge is -2.46. The highest BCUT2D eigenvalue weighted by Gasteiger charge is 2.52. The van der Waals surface area contributed by atoms with E-state index in [0.717, 1.165) is 23.1 Å². The van der Waals surface area contributed by atoms with Crippen molar-refractivity contribution in [2.24, 2.45) is 17.8 Å². The molecule has 0 radical (unpaired) electrons. The minimum absolute atomic E-state index is 0.0743. The van der Waals surface area contributed by atoms with Crippen LogP contribution in [0.2, 0.25) is 0 Å². The summed E-state index contributed by atoms with van der Waals surface area (Å²) in [6, 6.07) is 16.0. The lowest BCUT2D eigenvalue weighted by atomic mass is 9.79. The van der Waals surface area contributed by atoms with Gasteiger partial charge in [0.25, 0.3) is 0 Å². The van der Waals surface area contributed by atoms with Gasteiger partial charge in [-0.3, -0.25) is 4.79 Å². The first-order chi connectivity index (χ1) is 33.2. The Morgan fingerprint density at radius 1 is 0.855 bits per heavy atom. The van der Waals surface area contributed by atoms with Gasteiger partial charge >= 0.3 is 12.2 Å². The highest BCUT2D eigenvalue weighted by Crippen LogP contribution is 2.37. The van der Waals surface area contributed by atoms with E-state index in [1.54, 1.807) is 30.3 Å². The zero-order valence-electron chi connectivity index (χ0n) is 40.0. The monoisotopic (exact) mass is 968 g/mol. The average Bonchev–Trinajstić information content (AvgIpc) is 3.64. The summed E-state index contributed by atoms with van der Waals surface area (Å²) in [6.07, 6.45) is -3.87. The number of carbonyl (C=O) groups excluding carboxylic acids is 3. The van der Waals surface area contributed by atoms with Crippen LogP contribution < -0.4 is 16.0 Å². The Balaban J connectivity index is 1.30. The fraction of sp³-hybridized carbons (Fsp3) is 0.588. The maximum absolute atomic E-state index is 13.6. The van der Waals surface area contributed by atoms with Crippen LogP contribution in [-0.2, 0) is 51.2 Å². The summed E-state index contributed by atoms with van der Waals surface area (Å²) in [5.41, 5.74) is 2.36. The number of ether oxygens (including phenoxy) is 7. The first kappa shape index (κ1) is 55.2. The van der Waals surface area contributed by atoms with Crippen LogP contribution in [0.1, 0.15) is 77.3 Å². The summed E-state index contributed by atoms with van der Waals surface area (Å²) in [5, 5.41) is 64.1. The number of alkyl carbamates (subject to hydrolysis) is 2. The van der Waals surface area contributed by atoms with Crippen molar-refractivity contribution in [3.63, 3.8) is 0 Å². The van der Waals surface area contributed by atoms with E-state index >= 15 is 0 Å². The number of hydrogen-bond acceptors (Lipinski definition) is 15.